The van der Waals surface area contributed by atoms with Gasteiger partial charge in [0.2, 0.25) is 0 Å². The molecule has 0 spiro atoms. The van der Waals surface area contributed by atoms with Crippen molar-refractivity contribution in [2.45, 2.75) is 25.7 Å². The lowest BCUT2D eigenvalue weighted by molar-refractivity contribution is 0.217. The first kappa shape index (κ1) is 13.4. The van der Waals surface area contributed by atoms with Gasteiger partial charge in [-0.3, -0.25) is 0 Å². The molecule has 2 rings (SSSR count). The Balaban J connectivity index is 1.94. The molecule has 0 aromatic heterocycles. The highest BCUT2D eigenvalue weighted by Gasteiger charge is 2.20. The van der Waals surface area contributed by atoms with Gasteiger partial charge in [-0.25, -0.2) is 0 Å². The smallest absolute Gasteiger partial charge is 0.119 e. The predicted molar refractivity (Wildman–Crippen MR) is 75.1 cm³/mol. The summed E-state index contributed by atoms with van der Waals surface area (Å²) >= 11 is 0. The molecule has 3 nitrogen and oxygen atoms in total. The van der Waals surface area contributed by atoms with Crippen molar-refractivity contribution < 1.29 is 4.74 Å². The first-order chi connectivity index (χ1) is 8.83. The summed E-state index contributed by atoms with van der Waals surface area (Å²) in [6, 6.07) is 8.57. The van der Waals surface area contributed by atoms with Gasteiger partial charge in [-0.15, -0.1) is 0 Å². The first-order valence-corrected chi connectivity index (χ1v) is 6.98. The van der Waals surface area contributed by atoms with Gasteiger partial charge in [0, 0.05) is 13.1 Å². The van der Waals surface area contributed by atoms with Crippen molar-refractivity contribution in [3.05, 3.63) is 29.8 Å². The molecule has 2 N–H and O–H groups in total. The van der Waals surface area contributed by atoms with Crippen LogP contribution in [0.25, 0.3) is 0 Å². The fourth-order valence-corrected chi connectivity index (χ4v) is 2.70. The largest absolute Gasteiger partial charge is 0.494 e. The van der Waals surface area contributed by atoms with Crippen LogP contribution in [-0.4, -0.2) is 37.7 Å². The highest BCUT2D eigenvalue weighted by molar-refractivity contribution is 5.31. The van der Waals surface area contributed by atoms with Gasteiger partial charge in [0.05, 0.1) is 6.61 Å². The van der Waals surface area contributed by atoms with E-state index in [1.54, 1.807) is 0 Å². The quantitative estimate of drug-likeness (QED) is 0.868. The van der Waals surface area contributed by atoms with Crippen molar-refractivity contribution in [2.24, 2.45) is 5.73 Å². The average Bonchev–Trinajstić information content (AvgIpc) is 2.41. The molecular formula is C15H24N2O. The first-order valence-electron chi connectivity index (χ1n) is 6.98. The molecule has 1 heterocycles. The van der Waals surface area contributed by atoms with Gasteiger partial charge < -0.3 is 15.4 Å². The van der Waals surface area contributed by atoms with Crippen molar-refractivity contribution in [1.29, 1.82) is 0 Å². The molecule has 100 valence electrons. The number of ether oxygens (including phenoxy) is 1. The number of hydrogen-bond acceptors (Lipinski definition) is 3. The Morgan fingerprint density at radius 1 is 1.33 bits per heavy atom. The molecule has 1 aliphatic rings. The minimum Gasteiger partial charge on any atom is -0.494 e. The van der Waals surface area contributed by atoms with E-state index >= 15 is 0 Å². The summed E-state index contributed by atoms with van der Waals surface area (Å²) in [5.41, 5.74) is 7.02. The van der Waals surface area contributed by atoms with E-state index < -0.39 is 0 Å². The summed E-state index contributed by atoms with van der Waals surface area (Å²) < 4.78 is 5.57. The van der Waals surface area contributed by atoms with E-state index in [1.165, 1.54) is 31.5 Å². The molecule has 0 bridgehead atoms. The maximum absolute atomic E-state index is 5.60. The van der Waals surface area contributed by atoms with Gasteiger partial charge in [-0.2, -0.15) is 0 Å². The van der Waals surface area contributed by atoms with E-state index in [2.05, 4.69) is 23.1 Å². The molecule has 0 saturated carbocycles. The summed E-state index contributed by atoms with van der Waals surface area (Å²) in [5, 5.41) is 0. The fourth-order valence-electron chi connectivity index (χ4n) is 2.70. The molecule has 1 aromatic rings. The number of nitrogens with two attached hydrogens (primary N) is 1. The van der Waals surface area contributed by atoms with Gasteiger partial charge in [-0.05, 0) is 56.5 Å². The summed E-state index contributed by atoms with van der Waals surface area (Å²) in [6.45, 7) is 6.90. The van der Waals surface area contributed by atoms with Crippen LogP contribution in [0.15, 0.2) is 24.3 Å². The summed E-state index contributed by atoms with van der Waals surface area (Å²) in [5.74, 6) is 1.68. The highest BCUT2D eigenvalue weighted by Crippen LogP contribution is 2.29. The molecule has 1 aliphatic heterocycles. The molecular weight excluding hydrogens is 224 g/mol. The Morgan fingerprint density at radius 2 is 2.11 bits per heavy atom. The maximum atomic E-state index is 5.60. The van der Waals surface area contributed by atoms with Crippen molar-refractivity contribution in [1.82, 2.24) is 4.90 Å². The second-order valence-electron chi connectivity index (χ2n) is 4.91. The summed E-state index contributed by atoms with van der Waals surface area (Å²) in [6.07, 6.45) is 2.46. The Bertz CT molecular complexity index is 359. The molecule has 0 amide bonds. The van der Waals surface area contributed by atoms with Gasteiger partial charge in [0.25, 0.3) is 0 Å². The molecule has 0 unspecified atom stereocenters. The van der Waals surface area contributed by atoms with E-state index in [0.717, 1.165) is 25.4 Å². The number of nitrogens with zero attached hydrogens (tertiary/aromatic N) is 1. The minimum atomic E-state index is 0.680. The van der Waals surface area contributed by atoms with Crippen molar-refractivity contribution in [3.63, 3.8) is 0 Å². The lowest BCUT2D eigenvalue weighted by Gasteiger charge is -2.31. The standard InChI is InChI=1S/C15H24N2O/c1-2-18-15-5-3-4-14(12-15)13-6-9-17(10-7-13)11-8-16/h3-5,12-13H,2,6-11,16H2,1H3. The fraction of sp³-hybridized carbons (Fsp3) is 0.600. The normalized spacial score (nSPS) is 17.9. The van der Waals surface area contributed by atoms with Crippen molar-refractivity contribution >= 4 is 0 Å². The van der Waals surface area contributed by atoms with E-state index in [-0.39, 0.29) is 0 Å². The number of likely N-dealkylation sites (tertiary alicyclic amines) is 1. The van der Waals surface area contributed by atoms with Crippen LogP contribution in [0.2, 0.25) is 0 Å². The van der Waals surface area contributed by atoms with Gasteiger partial charge in [0.15, 0.2) is 0 Å². The molecule has 1 saturated heterocycles. The number of hydrogen-bond donors (Lipinski definition) is 1. The predicted octanol–water partition coefficient (Wildman–Crippen LogP) is 2.22. The topological polar surface area (TPSA) is 38.5 Å². The van der Waals surface area contributed by atoms with E-state index in [1.807, 2.05) is 13.0 Å². The van der Waals surface area contributed by atoms with Crippen LogP contribution < -0.4 is 10.5 Å². The van der Waals surface area contributed by atoms with Crippen LogP contribution in [0.1, 0.15) is 31.2 Å². The third kappa shape index (κ3) is 3.47. The second-order valence-corrected chi connectivity index (χ2v) is 4.91. The third-order valence-corrected chi connectivity index (χ3v) is 3.67. The molecule has 0 atom stereocenters. The van der Waals surface area contributed by atoms with Crippen LogP contribution in [-0.2, 0) is 0 Å². The molecule has 1 aromatic carbocycles. The van der Waals surface area contributed by atoms with E-state index in [4.69, 9.17) is 10.5 Å². The number of rotatable bonds is 5. The monoisotopic (exact) mass is 248 g/mol. The van der Waals surface area contributed by atoms with Gasteiger partial charge >= 0.3 is 0 Å². The van der Waals surface area contributed by atoms with Crippen LogP contribution in [0.3, 0.4) is 0 Å². The molecule has 0 radical (unpaired) electrons. The van der Waals surface area contributed by atoms with Crippen LogP contribution >= 0.6 is 0 Å². The zero-order valence-corrected chi connectivity index (χ0v) is 11.3. The van der Waals surface area contributed by atoms with Crippen LogP contribution in [0, 0.1) is 0 Å². The van der Waals surface area contributed by atoms with E-state index in [9.17, 15) is 0 Å². The molecule has 3 heteroatoms. The van der Waals surface area contributed by atoms with Crippen LogP contribution in [0.5, 0.6) is 5.75 Å². The van der Waals surface area contributed by atoms with Crippen LogP contribution in [0.4, 0.5) is 0 Å². The SMILES string of the molecule is CCOc1cccc(C2CCN(CCN)CC2)c1. The Labute approximate surface area is 110 Å². The summed E-state index contributed by atoms with van der Waals surface area (Å²) in [7, 11) is 0. The molecule has 1 fully saturated rings. The van der Waals surface area contributed by atoms with Gasteiger partial charge in [-0.1, -0.05) is 12.1 Å². The van der Waals surface area contributed by atoms with Crippen molar-refractivity contribution in [2.75, 3.05) is 32.8 Å². The third-order valence-electron chi connectivity index (χ3n) is 3.67. The van der Waals surface area contributed by atoms with Gasteiger partial charge in [0.1, 0.15) is 5.75 Å². The minimum absolute atomic E-state index is 0.680. The molecule has 0 aliphatic carbocycles. The average molecular weight is 248 g/mol. The lowest BCUT2D eigenvalue weighted by Crippen LogP contribution is -2.36. The molecule has 18 heavy (non-hydrogen) atoms. The number of piperidine rings is 1. The Kier molecular flexibility index (Phi) is 5.02. The zero-order chi connectivity index (χ0) is 12.8. The van der Waals surface area contributed by atoms with E-state index in [0.29, 0.717) is 5.92 Å². The number of benzene rings is 1. The van der Waals surface area contributed by atoms with Crippen molar-refractivity contribution in [3.8, 4) is 5.75 Å². The highest BCUT2D eigenvalue weighted by atomic mass is 16.5. The Morgan fingerprint density at radius 3 is 2.78 bits per heavy atom. The lowest BCUT2D eigenvalue weighted by atomic mass is 9.89. The summed E-state index contributed by atoms with van der Waals surface area (Å²) in [4.78, 5) is 2.46. The Hall–Kier alpha value is -1.06. The maximum Gasteiger partial charge on any atom is 0.119 e. The second kappa shape index (κ2) is 6.76. The zero-order valence-electron chi connectivity index (χ0n) is 11.3.